The number of methoxy groups -OCH3 is 1. The summed E-state index contributed by atoms with van der Waals surface area (Å²) in [6.07, 6.45) is 2.65. The van der Waals surface area contributed by atoms with Crippen LogP contribution in [0.5, 0.6) is 5.75 Å². The van der Waals surface area contributed by atoms with Crippen molar-refractivity contribution >= 4 is 17.1 Å². The van der Waals surface area contributed by atoms with Gasteiger partial charge in [-0.2, -0.15) is 0 Å². The van der Waals surface area contributed by atoms with Crippen molar-refractivity contribution in [3.05, 3.63) is 113 Å². The molecule has 34 heavy (non-hydrogen) atoms. The molecule has 0 heterocycles. The van der Waals surface area contributed by atoms with Gasteiger partial charge >= 0.3 is 0 Å². The molecule has 0 aliphatic rings. The van der Waals surface area contributed by atoms with Gasteiger partial charge in [-0.25, -0.2) is 0 Å². The predicted molar refractivity (Wildman–Crippen MR) is 143 cm³/mol. The second kappa shape index (κ2) is 12.0. The molecule has 1 N–H and O–H groups in total. The van der Waals surface area contributed by atoms with Crippen LogP contribution in [0, 0.1) is 0 Å². The molecule has 1 atom stereocenters. The average molecular weight is 454 g/mol. The fraction of sp³-hybridized carbons (Fsp3) is 0.258. The Hall–Kier alpha value is -3.59. The van der Waals surface area contributed by atoms with E-state index >= 15 is 0 Å². The van der Waals surface area contributed by atoms with Gasteiger partial charge in [-0.3, -0.25) is 4.79 Å². The SMILES string of the molecule is C=C(C/C(C(=O)NC(C)c1ccc(OC)cc1)=C(\C)c1ccc(CCC)cc1)c1ccccc1. The van der Waals surface area contributed by atoms with Crippen LogP contribution in [0.25, 0.3) is 11.1 Å². The van der Waals surface area contributed by atoms with Crippen LogP contribution in [0.3, 0.4) is 0 Å². The second-order valence-corrected chi connectivity index (χ2v) is 8.67. The van der Waals surface area contributed by atoms with Crippen molar-refractivity contribution in [2.45, 2.75) is 46.1 Å². The van der Waals surface area contributed by atoms with Crippen molar-refractivity contribution in [2.75, 3.05) is 7.11 Å². The van der Waals surface area contributed by atoms with Crippen LogP contribution in [0.4, 0.5) is 0 Å². The van der Waals surface area contributed by atoms with E-state index in [2.05, 4.69) is 43.1 Å². The quantitative estimate of drug-likeness (QED) is 0.325. The number of carbonyl (C=O) groups excluding carboxylic acids is 1. The maximum atomic E-state index is 13.6. The molecule has 0 aliphatic carbocycles. The molecule has 1 unspecified atom stereocenters. The average Bonchev–Trinajstić information content (AvgIpc) is 2.87. The van der Waals surface area contributed by atoms with Gasteiger partial charge in [-0.1, -0.05) is 86.7 Å². The lowest BCUT2D eigenvalue weighted by Crippen LogP contribution is -2.28. The van der Waals surface area contributed by atoms with E-state index in [1.165, 1.54) is 5.56 Å². The lowest BCUT2D eigenvalue weighted by molar-refractivity contribution is -0.118. The highest BCUT2D eigenvalue weighted by Crippen LogP contribution is 2.28. The van der Waals surface area contributed by atoms with Gasteiger partial charge in [0.1, 0.15) is 5.75 Å². The zero-order valence-electron chi connectivity index (χ0n) is 20.7. The van der Waals surface area contributed by atoms with Crippen molar-refractivity contribution in [1.82, 2.24) is 5.32 Å². The zero-order chi connectivity index (χ0) is 24.5. The summed E-state index contributed by atoms with van der Waals surface area (Å²) >= 11 is 0. The Bertz CT molecular complexity index is 1130. The fourth-order valence-electron chi connectivity index (χ4n) is 4.02. The van der Waals surface area contributed by atoms with Crippen molar-refractivity contribution in [3.63, 3.8) is 0 Å². The van der Waals surface area contributed by atoms with E-state index in [0.29, 0.717) is 6.42 Å². The summed E-state index contributed by atoms with van der Waals surface area (Å²) in [6, 6.07) is 26.2. The summed E-state index contributed by atoms with van der Waals surface area (Å²) in [6.45, 7) is 10.5. The molecule has 0 saturated carbocycles. The first-order valence-electron chi connectivity index (χ1n) is 11.9. The number of carbonyl (C=O) groups is 1. The third kappa shape index (κ3) is 6.48. The van der Waals surface area contributed by atoms with E-state index in [9.17, 15) is 4.79 Å². The molecule has 0 radical (unpaired) electrons. The molecule has 3 nitrogen and oxygen atoms in total. The van der Waals surface area contributed by atoms with E-state index < -0.39 is 0 Å². The smallest absolute Gasteiger partial charge is 0.248 e. The maximum Gasteiger partial charge on any atom is 0.248 e. The van der Waals surface area contributed by atoms with Crippen LogP contribution in [0.1, 0.15) is 61.9 Å². The van der Waals surface area contributed by atoms with E-state index in [4.69, 9.17) is 4.74 Å². The lowest BCUT2D eigenvalue weighted by Gasteiger charge is -2.19. The number of nitrogens with one attached hydrogen (secondary N) is 1. The molecule has 3 aromatic rings. The molecule has 3 heteroatoms. The Labute approximate surface area is 204 Å². The minimum absolute atomic E-state index is 0.0736. The van der Waals surface area contributed by atoms with Gasteiger partial charge in [0, 0.05) is 12.0 Å². The third-order valence-electron chi connectivity index (χ3n) is 6.19. The molecule has 1 amide bonds. The number of hydrogen-bond donors (Lipinski definition) is 1. The van der Waals surface area contributed by atoms with Gasteiger partial charge in [-0.15, -0.1) is 0 Å². The van der Waals surface area contributed by atoms with Gasteiger partial charge in [-0.05, 0) is 65.8 Å². The zero-order valence-corrected chi connectivity index (χ0v) is 20.7. The number of rotatable bonds is 10. The minimum atomic E-state index is -0.141. The molecule has 0 aliphatic heterocycles. The highest BCUT2D eigenvalue weighted by molar-refractivity contribution is 6.03. The lowest BCUT2D eigenvalue weighted by atomic mass is 9.92. The molecular formula is C31H35NO2. The number of amides is 1. The molecule has 0 fully saturated rings. The number of ether oxygens (including phenoxy) is 1. The van der Waals surface area contributed by atoms with Gasteiger partial charge in [0.05, 0.1) is 13.2 Å². The second-order valence-electron chi connectivity index (χ2n) is 8.67. The van der Waals surface area contributed by atoms with Crippen molar-refractivity contribution in [1.29, 1.82) is 0 Å². The van der Waals surface area contributed by atoms with E-state index in [1.807, 2.05) is 68.4 Å². The largest absolute Gasteiger partial charge is 0.497 e. The highest BCUT2D eigenvalue weighted by atomic mass is 16.5. The molecule has 0 bridgehead atoms. The molecule has 176 valence electrons. The summed E-state index contributed by atoms with van der Waals surface area (Å²) in [4.78, 5) is 13.6. The fourth-order valence-corrected chi connectivity index (χ4v) is 4.02. The van der Waals surface area contributed by atoms with Crippen molar-refractivity contribution in [3.8, 4) is 5.75 Å². The van der Waals surface area contributed by atoms with E-state index in [-0.39, 0.29) is 11.9 Å². The Morgan fingerprint density at radius 3 is 2.18 bits per heavy atom. The topological polar surface area (TPSA) is 38.3 Å². The first-order chi connectivity index (χ1) is 16.4. The van der Waals surface area contributed by atoms with Gasteiger partial charge in [0.25, 0.3) is 0 Å². The van der Waals surface area contributed by atoms with Crippen LogP contribution < -0.4 is 10.1 Å². The highest BCUT2D eigenvalue weighted by Gasteiger charge is 2.19. The molecule has 3 rings (SSSR count). The van der Waals surface area contributed by atoms with Crippen molar-refractivity contribution in [2.24, 2.45) is 0 Å². The number of aryl methyl sites for hydroxylation is 1. The van der Waals surface area contributed by atoms with Crippen molar-refractivity contribution < 1.29 is 9.53 Å². The van der Waals surface area contributed by atoms with Crippen LogP contribution in [-0.4, -0.2) is 13.0 Å². The van der Waals surface area contributed by atoms with Gasteiger partial charge in [0.2, 0.25) is 5.91 Å². The van der Waals surface area contributed by atoms with Crippen LogP contribution >= 0.6 is 0 Å². The minimum Gasteiger partial charge on any atom is -0.497 e. The summed E-state index contributed by atoms with van der Waals surface area (Å²) < 4.78 is 5.25. The normalized spacial score (nSPS) is 12.5. The number of hydrogen-bond acceptors (Lipinski definition) is 2. The van der Waals surface area contributed by atoms with Crippen LogP contribution in [0.15, 0.2) is 91.0 Å². The van der Waals surface area contributed by atoms with Crippen LogP contribution in [0.2, 0.25) is 0 Å². The predicted octanol–water partition coefficient (Wildman–Crippen LogP) is 7.40. The van der Waals surface area contributed by atoms with E-state index in [0.717, 1.165) is 52.0 Å². The monoisotopic (exact) mass is 453 g/mol. The summed E-state index contributed by atoms with van der Waals surface area (Å²) in [5, 5.41) is 3.19. The summed E-state index contributed by atoms with van der Waals surface area (Å²) in [7, 11) is 1.65. The van der Waals surface area contributed by atoms with E-state index in [1.54, 1.807) is 7.11 Å². The molecule has 0 saturated heterocycles. The first kappa shape index (κ1) is 25.0. The standard InChI is InChI=1S/C31H35NO2/c1-6-10-25-13-15-27(16-14-25)23(3)30(21-22(2)26-11-8-7-9-12-26)31(33)32-24(4)28-17-19-29(34-5)20-18-28/h7-9,11-20,24H,2,6,10,21H2,1,3-5H3,(H,32,33)/b30-23-. The first-order valence-corrected chi connectivity index (χ1v) is 11.9. The number of benzene rings is 3. The maximum absolute atomic E-state index is 13.6. The van der Waals surface area contributed by atoms with Gasteiger partial charge < -0.3 is 10.1 Å². The Kier molecular flexibility index (Phi) is 8.86. The molecular weight excluding hydrogens is 418 g/mol. The van der Waals surface area contributed by atoms with Crippen LogP contribution in [-0.2, 0) is 11.2 Å². The summed E-state index contributed by atoms with van der Waals surface area (Å²) in [5.74, 6) is 0.722. The third-order valence-corrected chi connectivity index (χ3v) is 6.19. The number of allylic oxidation sites excluding steroid dienone is 2. The molecule has 0 aromatic heterocycles. The molecule has 0 spiro atoms. The van der Waals surface area contributed by atoms with Gasteiger partial charge in [0.15, 0.2) is 0 Å². The Balaban J connectivity index is 1.90. The Morgan fingerprint density at radius 1 is 0.941 bits per heavy atom. The summed E-state index contributed by atoms with van der Waals surface area (Å²) in [5.41, 5.74) is 7.07. The molecule has 3 aromatic carbocycles. The Morgan fingerprint density at radius 2 is 1.59 bits per heavy atom.